The molecule has 0 aliphatic carbocycles. The first-order valence-corrected chi connectivity index (χ1v) is 8.85. The summed E-state index contributed by atoms with van der Waals surface area (Å²) in [7, 11) is 2.21. The van der Waals surface area contributed by atoms with Gasteiger partial charge in [-0.25, -0.2) is 9.50 Å². The first kappa shape index (κ1) is 15.6. The SMILES string of the molecule is CN1CCCC(Cc2ccc3ncc(-c4ccc(Cl)cc4)n3n2)C1. The number of likely N-dealkylation sites (tertiary alicyclic amines) is 1. The fraction of sp³-hybridized carbons (Fsp3) is 0.368. The van der Waals surface area contributed by atoms with Crippen molar-refractivity contribution in [1.82, 2.24) is 19.5 Å². The van der Waals surface area contributed by atoms with Crippen LogP contribution in [-0.4, -0.2) is 39.6 Å². The Morgan fingerprint density at radius 2 is 2.00 bits per heavy atom. The second-order valence-electron chi connectivity index (χ2n) is 6.72. The van der Waals surface area contributed by atoms with Crippen LogP contribution >= 0.6 is 11.6 Å². The Morgan fingerprint density at radius 3 is 2.79 bits per heavy atom. The van der Waals surface area contributed by atoms with Gasteiger partial charge in [0.05, 0.1) is 17.6 Å². The predicted octanol–water partition coefficient (Wildman–Crippen LogP) is 3.93. The molecule has 4 nitrogen and oxygen atoms in total. The lowest BCUT2D eigenvalue weighted by molar-refractivity contribution is 0.208. The van der Waals surface area contributed by atoms with Crippen molar-refractivity contribution in [3.63, 3.8) is 0 Å². The van der Waals surface area contributed by atoms with E-state index < -0.39 is 0 Å². The summed E-state index contributed by atoms with van der Waals surface area (Å²) in [4.78, 5) is 6.90. The summed E-state index contributed by atoms with van der Waals surface area (Å²) < 4.78 is 1.95. The van der Waals surface area contributed by atoms with E-state index in [1.54, 1.807) is 0 Å². The highest BCUT2D eigenvalue weighted by Crippen LogP contribution is 2.23. The molecule has 3 aromatic rings. The molecule has 0 N–H and O–H groups in total. The third-order valence-electron chi connectivity index (χ3n) is 4.78. The molecule has 2 aromatic heterocycles. The lowest BCUT2D eigenvalue weighted by Gasteiger charge is -2.29. The molecule has 24 heavy (non-hydrogen) atoms. The summed E-state index contributed by atoms with van der Waals surface area (Å²) >= 11 is 5.99. The molecule has 4 rings (SSSR count). The molecular formula is C19H21ClN4. The number of nitrogens with zero attached hydrogens (tertiary/aromatic N) is 4. The quantitative estimate of drug-likeness (QED) is 0.724. The van der Waals surface area contributed by atoms with Crippen molar-refractivity contribution in [2.24, 2.45) is 5.92 Å². The molecule has 0 saturated carbocycles. The average molecular weight is 341 g/mol. The molecule has 1 aliphatic heterocycles. The van der Waals surface area contributed by atoms with Crippen LogP contribution in [0.2, 0.25) is 5.02 Å². The van der Waals surface area contributed by atoms with Crippen molar-refractivity contribution in [3.8, 4) is 11.3 Å². The maximum absolute atomic E-state index is 5.99. The highest BCUT2D eigenvalue weighted by atomic mass is 35.5. The molecule has 3 heterocycles. The lowest BCUT2D eigenvalue weighted by Crippen LogP contribution is -2.33. The van der Waals surface area contributed by atoms with Gasteiger partial charge in [0.15, 0.2) is 5.65 Å². The van der Waals surface area contributed by atoms with Crippen LogP contribution in [0.1, 0.15) is 18.5 Å². The molecule has 1 aromatic carbocycles. The van der Waals surface area contributed by atoms with Gasteiger partial charge >= 0.3 is 0 Å². The van der Waals surface area contributed by atoms with E-state index in [4.69, 9.17) is 16.7 Å². The second kappa shape index (κ2) is 6.54. The van der Waals surface area contributed by atoms with Crippen molar-refractivity contribution in [2.75, 3.05) is 20.1 Å². The number of fused-ring (bicyclic) bond motifs is 1. The predicted molar refractivity (Wildman–Crippen MR) is 97.4 cm³/mol. The monoisotopic (exact) mass is 340 g/mol. The van der Waals surface area contributed by atoms with Crippen LogP contribution in [0.5, 0.6) is 0 Å². The minimum atomic E-state index is 0.691. The minimum absolute atomic E-state index is 0.691. The van der Waals surface area contributed by atoms with Crippen LogP contribution in [0.4, 0.5) is 0 Å². The fourth-order valence-electron chi connectivity index (χ4n) is 3.57. The topological polar surface area (TPSA) is 33.4 Å². The maximum Gasteiger partial charge on any atom is 0.154 e. The number of imidazole rings is 1. The smallest absolute Gasteiger partial charge is 0.154 e. The summed E-state index contributed by atoms with van der Waals surface area (Å²) in [5.74, 6) is 0.691. The van der Waals surface area contributed by atoms with E-state index >= 15 is 0 Å². The molecule has 0 amide bonds. The molecule has 0 radical (unpaired) electrons. The van der Waals surface area contributed by atoms with Crippen molar-refractivity contribution in [2.45, 2.75) is 19.3 Å². The molecule has 0 bridgehead atoms. The summed E-state index contributed by atoms with van der Waals surface area (Å²) in [5.41, 5.74) is 4.10. The second-order valence-corrected chi connectivity index (χ2v) is 7.16. The third-order valence-corrected chi connectivity index (χ3v) is 5.03. The zero-order chi connectivity index (χ0) is 16.5. The number of rotatable bonds is 3. The largest absolute Gasteiger partial charge is 0.306 e. The van der Waals surface area contributed by atoms with E-state index in [0.717, 1.165) is 40.6 Å². The van der Waals surface area contributed by atoms with Gasteiger partial charge in [-0.2, -0.15) is 5.10 Å². The van der Waals surface area contributed by atoms with Crippen LogP contribution in [-0.2, 0) is 6.42 Å². The van der Waals surface area contributed by atoms with E-state index in [1.807, 2.05) is 35.0 Å². The Kier molecular flexibility index (Phi) is 4.25. The molecule has 1 aliphatic rings. The molecule has 124 valence electrons. The third kappa shape index (κ3) is 3.17. The van der Waals surface area contributed by atoms with E-state index in [0.29, 0.717) is 5.92 Å². The number of piperidine rings is 1. The van der Waals surface area contributed by atoms with Gasteiger partial charge < -0.3 is 4.90 Å². The van der Waals surface area contributed by atoms with Gasteiger partial charge in [-0.05, 0) is 63.0 Å². The summed E-state index contributed by atoms with van der Waals surface area (Å²) in [6, 6.07) is 12.0. The molecular weight excluding hydrogens is 320 g/mol. The van der Waals surface area contributed by atoms with E-state index in [-0.39, 0.29) is 0 Å². The van der Waals surface area contributed by atoms with Crippen molar-refractivity contribution >= 4 is 17.2 Å². The Hall–Kier alpha value is -1.91. The summed E-state index contributed by atoms with van der Waals surface area (Å²) in [6.07, 6.45) is 5.48. The first-order chi connectivity index (χ1) is 11.7. The average Bonchev–Trinajstić information content (AvgIpc) is 2.99. The van der Waals surface area contributed by atoms with Crippen LogP contribution in [0.25, 0.3) is 16.9 Å². The fourth-order valence-corrected chi connectivity index (χ4v) is 3.70. The molecule has 0 spiro atoms. The summed E-state index contributed by atoms with van der Waals surface area (Å²) in [6.45, 7) is 2.37. The van der Waals surface area contributed by atoms with Gasteiger partial charge in [0, 0.05) is 17.1 Å². The number of hydrogen-bond acceptors (Lipinski definition) is 3. The highest BCUT2D eigenvalue weighted by molar-refractivity contribution is 6.30. The number of benzene rings is 1. The van der Waals surface area contributed by atoms with Crippen LogP contribution in [0, 0.1) is 5.92 Å². The zero-order valence-corrected chi connectivity index (χ0v) is 14.6. The van der Waals surface area contributed by atoms with Crippen molar-refractivity contribution < 1.29 is 0 Å². The highest BCUT2D eigenvalue weighted by Gasteiger charge is 2.18. The van der Waals surface area contributed by atoms with E-state index in [9.17, 15) is 0 Å². The Bertz CT molecular complexity index is 840. The van der Waals surface area contributed by atoms with Crippen LogP contribution < -0.4 is 0 Å². The number of aromatic nitrogens is 3. The summed E-state index contributed by atoms with van der Waals surface area (Å²) in [5, 5.41) is 5.59. The standard InChI is InChI=1S/C19H21ClN4/c1-23-10-2-3-14(13-23)11-17-8-9-19-21-12-18(24(19)22-17)15-4-6-16(20)7-5-15/h4-9,12,14H,2-3,10-11,13H2,1H3. The first-order valence-electron chi connectivity index (χ1n) is 8.47. The maximum atomic E-state index is 5.99. The van der Waals surface area contributed by atoms with Crippen LogP contribution in [0.3, 0.4) is 0 Å². The van der Waals surface area contributed by atoms with Crippen molar-refractivity contribution in [3.05, 3.63) is 53.3 Å². The Balaban J connectivity index is 1.64. The molecule has 1 atom stereocenters. The molecule has 5 heteroatoms. The normalized spacial score (nSPS) is 19.0. The lowest BCUT2D eigenvalue weighted by atomic mass is 9.94. The number of hydrogen-bond donors (Lipinski definition) is 0. The minimum Gasteiger partial charge on any atom is -0.306 e. The zero-order valence-electron chi connectivity index (χ0n) is 13.8. The van der Waals surface area contributed by atoms with Gasteiger partial charge in [-0.3, -0.25) is 0 Å². The Labute approximate surface area is 147 Å². The molecule has 1 fully saturated rings. The van der Waals surface area contributed by atoms with Gasteiger partial charge in [0.1, 0.15) is 0 Å². The van der Waals surface area contributed by atoms with Gasteiger partial charge in [0.2, 0.25) is 0 Å². The van der Waals surface area contributed by atoms with Crippen molar-refractivity contribution in [1.29, 1.82) is 0 Å². The van der Waals surface area contributed by atoms with E-state index in [1.165, 1.54) is 19.4 Å². The molecule has 1 unspecified atom stereocenters. The van der Waals surface area contributed by atoms with Gasteiger partial charge in [-0.15, -0.1) is 0 Å². The van der Waals surface area contributed by atoms with E-state index in [2.05, 4.69) is 29.1 Å². The van der Waals surface area contributed by atoms with Gasteiger partial charge in [0.25, 0.3) is 0 Å². The number of halogens is 1. The Morgan fingerprint density at radius 1 is 1.17 bits per heavy atom. The van der Waals surface area contributed by atoms with Gasteiger partial charge in [-0.1, -0.05) is 23.7 Å². The molecule has 1 saturated heterocycles. The van der Waals surface area contributed by atoms with Crippen LogP contribution in [0.15, 0.2) is 42.6 Å².